The maximum absolute atomic E-state index is 12.8. The van der Waals surface area contributed by atoms with Crippen LogP contribution >= 0.6 is 0 Å². The first-order chi connectivity index (χ1) is 16.5. The van der Waals surface area contributed by atoms with E-state index in [4.69, 9.17) is 11.5 Å². The average molecular weight is 469 g/mol. The van der Waals surface area contributed by atoms with Gasteiger partial charge >= 0.3 is 0 Å². The van der Waals surface area contributed by atoms with Crippen molar-refractivity contribution in [3.8, 4) is 0 Å². The SMILES string of the molecule is CCCNc1nc(Nc2ccc(C(N)=O)cc2)ncc1C(=O)NCCCN[C@@H]1CCCC[C@@H]1N. The molecule has 10 nitrogen and oxygen atoms in total. The van der Waals surface area contributed by atoms with Gasteiger partial charge in [-0.05, 0) is 56.5 Å². The van der Waals surface area contributed by atoms with Gasteiger partial charge in [-0.1, -0.05) is 19.8 Å². The van der Waals surface area contributed by atoms with Crippen molar-refractivity contribution in [2.45, 2.75) is 57.5 Å². The molecule has 1 aliphatic rings. The highest BCUT2D eigenvalue weighted by Crippen LogP contribution is 2.19. The lowest BCUT2D eigenvalue weighted by molar-refractivity contribution is 0.0951. The first kappa shape index (κ1) is 25.4. The number of hydrogen-bond acceptors (Lipinski definition) is 8. The molecule has 1 fully saturated rings. The molecule has 2 aromatic rings. The van der Waals surface area contributed by atoms with Crippen LogP contribution in [0, 0.1) is 0 Å². The minimum absolute atomic E-state index is 0.217. The van der Waals surface area contributed by atoms with Gasteiger partial charge in [0.25, 0.3) is 5.91 Å². The predicted octanol–water partition coefficient (Wildman–Crippen LogP) is 2.12. The summed E-state index contributed by atoms with van der Waals surface area (Å²) in [5, 5.41) is 12.8. The first-order valence-corrected chi connectivity index (χ1v) is 12.0. The molecular weight excluding hydrogens is 432 g/mol. The number of benzene rings is 1. The van der Waals surface area contributed by atoms with E-state index in [1.54, 1.807) is 24.3 Å². The molecule has 2 amide bonds. The average Bonchev–Trinajstić information content (AvgIpc) is 2.84. The number of carbonyl (C=O) groups excluding carboxylic acids is 2. The van der Waals surface area contributed by atoms with E-state index in [1.807, 2.05) is 6.92 Å². The Hall–Kier alpha value is -3.24. The summed E-state index contributed by atoms with van der Waals surface area (Å²) in [6.45, 7) is 4.08. The Morgan fingerprint density at radius 3 is 2.56 bits per heavy atom. The number of nitrogens with zero attached hydrogens (tertiary/aromatic N) is 2. The largest absolute Gasteiger partial charge is 0.369 e. The van der Waals surface area contributed by atoms with Crippen LogP contribution in [0.5, 0.6) is 0 Å². The zero-order valence-electron chi connectivity index (χ0n) is 19.8. The second kappa shape index (κ2) is 12.9. The number of carbonyl (C=O) groups is 2. The maximum Gasteiger partial charge on any atom is 0.256 e. The molecule has 1 aromatic carbocycles. The van der Waals surface area contributed by atoms with Crippen molar-refractivity contribution >= 4 is 29.3 Å². The number of aromatic nitrogens is 2. The lowest BCUT2D eigenvalue weighted by Gasteiger charge is -2.29. The van der Waals surface area contributed by atoms with E-state index in [1.165, 1.54) is 19.0 Å². The lowest BCUT2D eigenvalue weighted by Crippen LogP contribution is -2.47. The Kier molecular flexibility index (Phi) is 9.60. The molecule has 1 heterocycles. The predicted molar refractivity (Wildman–Crippen MR) is 134 cm³/mol. The van der Waals surface area contributed by atoms with E-state index >= 15 is 0 Å². The molecular formula is C24H36N8O2. The van der Waals surface area contributed by atoms with E-state index in [0.717, 1.165) is 32.2 Å². The minimum atomic E-state index is -0.488. The summed E-state index contributed by atoms with van der Waals surface area (Å²) in [7, 11) is 0. The Morgan fingerprint density at radius 2 is 1.85 bits per heavy atom. The zero-order chi connectivity index (χ0) is 24.3. The number of amides is 2. The van der Waals surface area contributed by atoms with Crippen molar-refractivity contribution in [2.75, 3.05) is 30.3 Å². The molecule has 0 saturated heterocycles. The second-order valence-electron chi connectivity index (χ2n) is 8.57. The van der Waals surface area contributed by atoms with E-state index < -0.39 is 5.91 Å². The van der Waals surface area contributed by atoms with Crippen LogP contribution in [0.15, 0.2) is 30.5 Å². The molecule has 2 atom stereocenters. The molecule has 1 aliphatic carbocycles. The summed E-state index contributed by atoms with van der Waals surface area (Å²) in [5.41, 5.74) is 13.0. The van der Waals surface area contributed by atoms with Crippen molar-refractivity contribution < 1.29 is 9.59 Å². The Bertz CT molecular complexity index is 950. The number of rotatable bonds is 12. The number of hydrogen-bond donors (Lipinski definition) is 6. The summed E-state index contributed by atoms with van der Waals surface area (Å²) in [6, 6.07) is 7.28. The van der Waals surface area contributed by atoms with Crippen molar-refractivity contribution in [1.29, 1.82) is 0 Å². The molecule has 1 aromatic heterocycles. The van der Waals surface area contributed by atoms with Crippen molar-refractivity contribution in [1.82, 2.24) is 20.6 Å². The molecule has 0 radical (unpaired) electrons. The summed E-state index contributed by atoms with van der Waals surface area (Å²) >= 11 is 0. The summed E-state index contributed by atoms with van der Waals surface area (Å²) in [4.78, 5) is 32.8. The molecule has 1 saturated carbocycles. The van der Waals surface area contributed by atoms with Crippen LogP contribution in [0.2, 0.25) is 0 Å². The fourth-order valence-corrected chi connectivity index (χ4v) is 3.92. The maximum atomic E-state index is 12.8. The topological polar surface area (TPSA) is 160 Å². The van der Waals surface area contributed by atoms with Crippen LogP contribution in [0.3, 0.4) is 0 Å². The molecule has 0 unspecified atom stereocenters. The Morgan fingerprint density at radius 1 is 1.09 bits per heavy atom. The van der Waals surface area contributed by atoms with Gasteiger partial charge in [-0.25, -0.2) is 4.98 Å². The van der Waals surface area contributed by atoms with Crippen LogP contribution in [0.4, 0.5) is 17.5 Å². The van der Waals surface area contributed by atoms with Crippen LogP contribution in [0.25, 0.3) is 0 Å². The van der Waals surface area contributed by atoms with Crippen molar-refractivity contribution in [3.63, 3.8) is 0 Å². The normalized spacial score (nSPS) is 17.7. The third kappa shape index (κ3) is 7.39. The monoisotopic (exact) mass is 468 g/mol. The Balaban J connectivity index is 1.55. The molecule has 34 heavy (non-hydrogen) atoms. The van der Waals surface area contributed by atoms with E-state index in [0.29, 0.717) is 47.7 Å². The number of nitrogens with two attached hydrogens (primary N) is 2. The molecule has 0 bridgehead atoms. The molecule has 3 rings (SSSR count). The van der Waals surface area contributed by atoms with Crippen LogP contribution in [-0.2, 0) is 0 Å². The summed E-state index contributed by atoms with van der Waals surface area (Å²) in [5.74, 6) is 0.106. The van der Waals surface area contributed by atoms with E-state index in [-0.39, 0.29) is 11.9 Å². The third-order valence-electron chi connectivity index (χ3n) is 5.87. The molecule has 0 aliphatic heterocycles. The minimum Gasteiger partial charge on any atom is -0.369 e. The standard InChI is InChI=1S/C24H36N8O2/c1-2-12-28-22-18(23(34)29-14-5-13-27-20-7-4-3-6-19(20)25)15-30-24(32-22)31-17-10-8-16(9-11-17)21(26)33/h8-11,15,19-20,27H,2-7,12-14,25H2,1H3,(H2,26,33)(H,29,34)(H2,28,30,31,32)/t19-,20+/m0/s1. The highest BCUT2D eigenvalue weighted by molar-refractivity contribution is 5.98. The first-order valence-electron chi connectivity index (χ1n) is 12.0. The number of nitrogens with one attached hydrogen (secondary N) is 4. The van der Waals surface area contributed by atoms with E-state index in [2.05, 4.69) is 31.2 Å². The van der Waals surface area contributed by atoms with Crippen molar-refractivity contribution in [3.05, 3.63) is 41.6 Å². The van der Waals surface area contributed by atoms with Crippen LogP contribution < -0.4 is 32.7 Å². The summed E-state index contributed by atoms with van der Waals surface area (Å²) < 4.78 is 0. The van der Waals surface area contributed by atoms with Gasteiger partial charge in [-0.15, -0.1) is 0 Å². The highest BCUT2D eigenvalue weighted by atomic mass is 16.2. The molecule has 8 N–H and O–H groups in total. The fraction of sp³-hybridized carbons (Fsp3) is 0.500. The fourth-order valence-electron chi connectivity index (χ4n) is 3.92. The van der Waals surface area contributed by atoms with Gasteiger partial charge in [-0.2, -0.15) is 4.98 Å². The Labute approximate surface area is 200 Å². The zero-order valence-corrected chi connectivity index (χ0v) is 19.8. The second-order valence-corrected chi connectivity index (χ2v) is 8.57. The third-order valence-corrected chi connectivity index (χ3v) is 5.87. The number of anilines is 3. The van der Waals surface area contributed by atoms with Gasteiger partial charge in [0.1, 0.15) is 11.4 Å². The summed E-state index contributed by atoms with van der Waals surface area (Å²) in [6.07, 6.45) is 7.84. The highest BCUT2D eigenvalue weighted by Gasteiger charge is 2.20. The van der Waals surface area contributed by atoms with Gasteiger partial charge in [0, 0.05) is 42.6 Å². The van der Waals surface area contributed by atoms with Gasteiger partial charge in [-0.3, -0.25) is 9.59 Å². The van der Waals surface area contributed by atoms with Gasteiger partial charge in [0.05, 0.1) is 0 Å². The van der Waals surface area contributed by atoms with E-state index in [9.17, 15) is 9.59 Å². The van der Waals surface area contributed by atoms with Gasteiger partial charge in [0.2, 0.25) is 11.9 Å². The smallest absolute Gasteiger partial charge is 0.256 e. The van der Waals surface area contributed by atoms with Gasteiger partial charge in [0.15, 0.2) is 0 Å². The molecule has 0 spiro atoms. The van der Waals surface area contributed by atoms with Gasteiger partial charge < -0.3 is 32.7 Å². The quantitative estimate of drug-likeness (QED) is 0.258. The number of primary amides is 1. The molecule has 10 heteroatoms. The van der Waals surface area contributed by atoms with Crippen LogP contribution in [0.1, 0.15) is 66.2 Å². The molecule has 184 valence electrons. The van der Waals surface area contributed by atoms with Crippen molar-refractivity contribution in [2.24, 2.45) is 11.5 Å². The van der Waals surface area contributed by atoms with Crippen LogP contribution in [-0.4, -0.2) is 53.5 Å². The lowest BCUT2D eigenvalue weighted by atomic mass is 9.91.